The fourth-order valence-corrected chi connectivity index (χ4v) is 3.39. The van der Waals surface area contributed by atoms with E-state index in [-0.39, 0.29) is 17.1 Å². The normalized spacial score (nSPS) is 20.6. The van der Waals surface area contributed by atoms with Gasteiger partial charge in [-0.15, -0.1) is 0 Å². The zero-order valence-electron chi connectivity index (χ0n) is 11.5. The quantitative estimate of drug-likeness (QED) is 0.813. The Morgan fingerprint density at radius 2 is 2.00 bits per heavy atom. The topological polar surface area (TPSA) is 66.5 Å². The molecule has 1 saturated heterocycles. The molecule has 6 heteroatoms. The Morgan fingerprint density at radius 3 is 2.56 bits per heavy atom. The van der Waals surface area contributed by atoms with Crippen LogP contribution < -0.4 is 5.32 Å². The van der Waals surface area contributed by atoms with Crippen LogP contribution in [0.3, 0.4) is 0 Å². The third kappa shape index (κ3) is 3.95. The fraction of sp³-hybridized carbons (Fsp3) is 0.917. The van der Waals surface area contributed by atoms with Crippen LogP contribution >= 0.6 is 0 Å². The Bertz CT molecular complexity index is 390. The van der Waals surface area contributed by atoms with Crippen LogP contribution in [0.2, 0.25) is 0 Å². The first kappa shape index (κ1) is 15.4. The van der Waals surface area contributed by atoms with Gasteiger partial charge >= 0.3 is 0 Å². The zero-order valence-corrected chi connectivity index (χ0v) is 12.3. The Morgan fingerprint density at radius 1 is 1.33 bits per heavy atom. The molecule has 0 aliphatic carbocycles. The lowest BCUT2D eigenvalue weighted by atomic mass is 9.89. The van der Waals surface area contributed by atoms with E-state index in [1.807, 2.05) is 20.8 Å². The molecule has 0 radical (unpaired) electrons. The summed E-state index contributed by atoms with van der Waals surface area (Å²) in [5.74, 6) is 0.223. The number of nitrogens with zero attached hydrogens (tertiary/aromatic N) is 1. The summed E-state index contributed by atoms with van der Waals surface area (Å²) in [6.07, 6.45) is 2.42. The second-order valence-corrected chi connectivity index (χ2v) is 7.50. The van der Waals surface area contributed by atoms with Gasteiger partial charge in [0, 0.05) is 25.0 Å². The number of carbonyl (C=O) groups excluding carboxylic acids is 1. The third-order valence-electron chi connectivity index (χ3n) is 3.60. The van der Waals surface area contributed by atoms with Gasteiger partial charge in [-0.1, -0.05) is 20.8 Å². The van der Waals surface area contributed by atoms with E-state index >= 15 is 0 Å². The van der Waals surface area contributed by atoms with E-state index in [0.29, 0.717) is 19.6 Å². The van der Waals surface area contributed by atoms with E-state index in [0.717, 1.165) is 19.3 Å². The number of hydrogen-bond acceptors (Lipinski definition) is 3. The standard InChI is InChI=1S/C12H24N2O3S/c1-4-12(2,3)11(15)13-7-9-14-8-5-6-10-18(14,16)17/h4-10H2,1-3H3,(H,13,15). The molecule has 1 heterocycles. The summed E-state index contributed by atoms with van der Waals surface area (Å²) in [5.41, 5.74) is -0.388. The van der Waals surface area contributed by atoms with Crippen molar-refractivity contribution in [3.63, 3.8) is 0 Å². The van der Waals surface area contributed by atoms with Crippen LogP contribution in [0.1, 0.15) is 40.0 Å². The van der Waals surface area contributed by atoms with Crippen LogP contribution in [0.15, 0.2) is 0 Å². The smallest absolute Gasteiger partial charge is 0.225 e. The summed E-state index contributed by atoms with van der Waals surface area (Å²) in [7, 11) is -3.08. The number of nitrogens with one attached hydrogen (secondary N) is 1. The van der Waals surface area contributed by atoms with Gasteiger partial charge in [0.15, 0.2) is 0 Å². The highest BCUT2D eigenvalue weighted by molar-refractivity contribution is 7.89. The molecule has 18 heavy (non-hydrogen) atoms. The van der Waals surface area contributed by atoms with Gasteiger partial charge in [0.05, 0.1) is 5.75 Å². The Hall–Kier alpha value is -0.620. The van der Waals surface area contributed by atoms with Crippen molar-refractivity contribution < 1.29 is 13.2 Å². The second kappa shape index (κ2) is 6.02. The molecule has 1 N–H and O–H groups in total. The van der Waals surface area contributed by atoms with E-state index in [2.05, 4.69) is 5.32 Å². The third-order valence-corrected chi connectivity index (χ3v) is 5.56. The van der Waals surface area contributed by atoms with E-state index in [1.165, 1.54) is 4.31 Å². The molecule has 0 atom stereocenters. The van der Waals surface area contributed by atoms with Crippen molar-refractivity contribution in [3.05, 3.63) is 0 Å². The predicted octanol–water partition coefficient (Wildman–Crippen LogP) is 0.964. The lowest BCUT2D eigenvalue weighted by Crippen LogP contribution is -2.44. The van der Waals surface area contributed by atoms with Crippen LogP contribution in [0.25, 0.3) is 0 Å². The molecule has 1 fully saturated rings. The number of carbonyl (C=O) groups is 1. The Labute approximate surface area is 110 Å². The monoisotopic (exact) mass is 276 g/mol. The molecule has 0 spiro atoms. The molecular weight excluding hydrogens is 252 g/mol. The summed E-state index contributed by atoms with van der Waals surface area (Å²) >= 11 is 0. The number of amides is 1. The first-order chi connectivity index (χ1) is 8.29. The lowest BCUT2D eigenvalue weighted by molar-refractivity contribution is -0.129. The van der Waals surface area contributed by atoms with Crippen molar-refractivity contribution in [3.8, 4) is 0 Å². The van der Waals surface area contributed by atoms with E-state index in [1.54, 1.807) is 0 Å². The highest BCUT2D eigenvalue weighted by Gasteiger charge is 2.27. The summed E-state index contributed by atoms with van der Waals surface area (Å²) in [4.78, 5) is 11.8. The minimum absolute atomic E-state index is 0.0144. The maximum atomic E-state index is 11.8. The van der Waals surface area contributed by atoms with Crippen molar-refractivity contribution in [2.24, 2.45) is 5.41 Å². The van der Waals surface area contributed by atoms with Crippen molar-refractivity contribution in [2.45, 2.75) is 40.0 Å². The average molecular weight is 276 g/mol. The van der Waals surface area contributed by atoms with Crippen molar-refractivity contribution in [1.29, 1.82) is 0 Å². The minimum Gasteiger partial charge on any atom is -0.354 e. The molecule has 1 amide bonds. The van der Waals surface area contributed by atoms with Crippen LogP contribution in [-0.2, 0) is 14.8 Å². The lowest BCUT2D eigenvalue weighted by Gasteiger charge is -2.27. The van der Waals surface area contributed by atoms with Gasteiger partial charge in [0.1, 0.15) is 0 Å². The highest BCUT2D eigenvalue weighted by atomic mass is 32.2. The molecule has 0 aromatic heterocycles. The molecular formula is C12H24N2O3S. The Balaban J connectivity index is 2.40. The van der Waals surface area contributed by atoms with Gasteiger partial charge in [-0.25, -0.2) is 12.7 Å². The molecule has 0 unspecified atom stereocenters. The van der Waals surface area contributed by atoms with Gasteiger partial charge in [0.2, 0.25) is 15.9 Å². The van der Waals surface area contributed by atoms with Gasteiger partial charge in [0.25, 0.3) is 0 Å². The average Bonchev–Trinajstić information content (AvgIpc) is 2.30. The van der Waals surface area contributed by atoms with Crippen molar-refractivity contribution in [2.75, 3.05) is 25.4 Å². The van der Waals surface area contributed by atoms with Crippen molar-refractivity contribution in [1.82, 2.24) is 9.62 Å². The molecule has 0 aromatic carbocycles. The summed E-state index contributed by atoms with van der Waals surface area (Å²) in [5, 5.41) is 2.81. The van der Waals surface area contributed by atoms with Gasteiger partial charge in [-0.05, 0) is 19.3 Å². The predicted molar refractivity (Wildman–Crippen MR) is 71.7 cm³/mol. The minimum atomic E-state index is -3.08. The first-order valence-electron chi connectivity index (χ1n) is 6.56. The van der Waals surface area contributed by atoms with Crippen LogP contribution in [0.5, 0.6) is 0 Å². The van der Waals surface area contributed by atoms with Crippen LogP contribution in [0, 0.1) is 5.41 Å². The molecule has 106 valence electrons. The summed E-state index contributed by atoms with van der Waals surface area (Å²) in [6, 6.07) is 0. The first-order valence-corrected chi connectivity index (χ1v) is 8.16. The van der Waals surface area contributed by atoms with Gasteiger partial charge in [-0.3, -0.25) is 4.79 Å². The highest BCUT2D eigenvalue weighted by Crippen LogP contribution is 2.19. The van der Waals surface area contributed by atoms with Gasteiger partial charge in [-0.2, -0.15) is 0 Å². The number of rotatable bonds is 5. The van der Waals surface area contributed by atoms with E-state index in [9.17, 15) is 13.2 Å². The maximum absolute atomic E-state index is 11.8. The van der Waals surface area contributed by atoms with Crippen LogP contribution in [0.4, 0.5) is 0 Å². The Kier molecular flexibility index (Phi) is 5.16. The molecule has 0 bridgehead atoms. The summed E-state index contributed by atoms with van der Waals surface area (Å²) in [6.45, 7) is 7.10. The molecule has 1 aliphatic heterocycles. The molecule has 1 rings (SSSR count). The zero-order chi connectivity index (χ0) is 13.8. The maximum Gasteiger partial charge on any atom is 0.225 e. The van der Waals surface area contributed by atoms with E-state index < -0.39 is 10.0 Å². The number of sulfonamides is 1. The molecule has 1 aliphatic rings. The van der Waals surface area contributed by atoms with E-state index in [4.69, 9.17) is 0 Å². The molecule has 0 saturated carbocycles. The molecule has 0 aromatic rings. The van der Waals surface area contributed by atoms with Crippen LogP contribution in [-0.4, -0.2) is 44.0 Å². The fourth-order valence-electron chi connectivity index (χ4n) is 1.79. The van der Waals surface area contributed by atoms with Crippen molar-refractivity contribution >= 4 is 15.9 Å². The molecule has 5 nitrogen and oxygen atoms in total. The number of hydrogen-bond donors (Lipinski definition) is 1. The second-order valence-electron chi connectivity index (χ2n) is 5.42. The van der Waals surface area contributed by atoms with Gasteiger partial charge < -0.3 is 5.32 Å². The largest absolute Gasteiger partial charge is 0.354 e. The SMILES string of the molecule is CCC(C)(C)C(=O)NCCN1CCCCS1(=O)=O. The summed E-state index contributed by atoms with van der Waals surface area (Å²) < 4.78 is 24.9.